The Bertz CT molecular complexity index is 671. The molecule has 0 radical (unpaired) electrons. The van der Waals surface area contributed by atoms with Crippen LogP contribution in [0.5, 0.6) is 0 Å². The third-order valence-corrected chi connectivity index (χ3v) is 3.24. The Labute approximate surface area is 149 Å². The van der Waals surface area contributed by atoms with Crippen LogP contribution in [0.4, 0.5) is 0 Å². The number of nitriles is 1. The monoisotopic (exact) mass is 417 g/mol. The van der Waals surface area contributed by atoms with Crippen molar-refractivity contribution in [3.63, 3.8) is 0 Å². The van der Waals surface area contributed by atoms with Gasteiger partial charge in [-0.3, -0.25) is 0 Å². The standard InChI is InChI=1S/C10H9N.C9H8Br2/c1-9-4-6-10(7-5-9)3-2-8-11;1-7-2-4-8(5-3-7)6-9(10)11/h2-7H,1H3;2-6H,1H3. The Morgan fingerprint density at radius 3 is 1.73 bits per heavy atom. The first-order chi connectivity index (χ1) is 10.5. The Balaban J connectivity index is 0.000000220. The molecule has 0 N–H and O–H groups in total. The van der Waals surface area contributed by atoms with Crippen LogP contribution in [0, 0.1) is 25.2 Å². The molecule has 2 rings (SSSR count). The van der Waals surface area contributed by atoms with Gasteiger partial charge in [0.05, 0.1) is 9.46 Å². The summed E-state index contributed by atoms with van der Waals surface area (Å²) in [4.78, 5) is 0. The zero-order chi connectivity index (χ0) is 16.4. The summed E-state index contributed by atoms with van der Waals surface area (Å²) < 4.78 is 0.967. The second kappa shape index (κ2) is 10.2. The molecule has 0 unspecified atom stereocenters. The van der Waals surface area contributed by atoms with E-state index in [1.807, 2.05) is 43.3 Å². The lowest BCUT2D eigenvalue weighted by Crippen LogP contribution is -1.72. The number of nitrogens with zero attached hydrogens (tertiary/aromatic N) is 1. The van der Waals surface area contributed by atoms with E-state index in [0.717, 1.165) is 8.96 Å². The lowest BCUT2D eigenvalue weighted by Gasteiger charge is -1.93. The van der Waals surface area contributed by atoms with Crippen molar-refractivity contribution in [1.82, 2.24) is 0 Å². The van der Waals surface area contributed by atoms with E-state index in [0.29, 0.717) is 0 Å². The summed E-state index contributed by atoms with van der Waals surface area (Å²) in [5, 5.41) is 8.25. The molecule has 0 amide bonds. The van der Waals surface area contributed by atoms with Crippen LogP contribution in [0.3, 0.4) is 0 Å². The van der Waals surface area contributed by atoms with Crippen LogP contribution in [-0.2, 0) is 0 Å². The summed E-state index contributed by atoms with van der Waals surface area (Å²) in [5.74, 6) is 0. The van der Waals surface area contributed by atoms with Gasteiger partial charge in [0.2, 0.25) is 0 Å². The molecule has 0 spiro atoms. The van der Waals surface area contributed by atoms with Crippen LogP contribution in [0.1, 0.15) is 22.3 Å². The van der Waals surface area contributed by atoms with Crippen LogP contribution in [0.25, 0.3) is 12.2 Å². The molecule has 22 heavy (non-hydrogen) atoms. The predicted molar refractivity (Wildman–Crippen MR) is 103 cm³/mol. The van der Waals surface area contributed by atoms with E-state index >= 15 is 0 Å². The van der Waals surface area contributed by atoms with Crippen molar-refractivity contribution in [3.8, 4) is 6.07 Å². The number of hydrogen-bond acceptors (Lipinski definition) is 1. The molecule has 2 aromatic carbocycles. The average molecular weight is 419 g/mol. The number of hydrogen-bond donors (Lipinski definition) is 0. The zero-order valence-electron chi connectivity index (χ0n) is 12.6. The van der Waals surface area contributed by atoms with Crippen molar-refractivity contribution in [2.75, 3.05) is 0 Å². The van der Waals surface area contributed by atoms with Gasteiger partial charge in [-0.25, -0.2) is 0 Å². The van der Waals surface area contributed by atoms with Gasteiger partial charge in [-0.05, 0) is 69.0 Å². The van der Waals surface area contributed by atoms with E-state index in [9.17, 15) is 0 Å². The van der Waals surface area contributed by atoms with Gasteiger partial charge < -0.3 is 0 Å². The highest BCUT2D eigenvalue weighted by atomic mass is 79.9. The lowest BCUT2D eigenvalue weighted by molar-refractivity contribution is 1.46. The van der Waals surface area contributed by atoms with Crippen LogP contribution >= 0.6 is 31.9 Å². The second-order valence-corrected chi connectivity index (χ2v) is 7.49. The van der Waals surface area contributed by atoms with E-state index < -0.39 is 0 Å². The molecule has 0 saturated carbocycles. The van der Waals surface area contributed by atoms with Crippen LogP contribution in [0.2, 0.25) is 0 Å². The maximum Gasteiger partial charge on any atom is 0.0912 e. The van der Waals surface area contributed by atoms with Crippen molar-refractivity contribution < 1.29 is 0 Å². The van der Waals surface area contributed by atoms with Gasteiger partial charge in [0.1, 0.15) is 0 Å². The van der Waals surface area contributed by atoms with Crippen LogP contribution < -0.4 is 0 Å². The predicted octanol–water partition coefficient (Wildman–Crippen LogP) is 6.62. The van der Waals surface area contributed by atoms with Gasteiger partial charge >= 0.3 is 0 Å². The Hall–Kier alpha value is -1.63. The van der Waals surface area contributed by atoms with Crippen molar-refractivity contribution in [1.29, 1.82) is 5.26 Å². The molecule has 0 fully saturated rings. The highest BCUT2D eigenvalue weighted by Crippen LogP contribution is 2.17. The van der Waals surface area contributed by atoms with Crippen LogP contribution in [0.15, 0.2) is 58.0 Å². The molecular formula is C19H17Br2N. The van der Waals surface area contributed by atoms with E-state index in [1.54, 1.807) is 6.08 Å². The van der Waals surface area contributed by atoms with Gasteiger partial charge in [-0.1, -0.05) is 59.7 Å². The SMILES string of the molecule is Cc1ccc(C=C(Br)Br)cc1.Cc1ccc(C=CC#N)cc1. The first-order valence-electron chi connectivity index (χ1n) is 6.73. The molecule has 0 atom stereocenters. The molecule has 0 aliphatic heterocycles. The molecule has 0 aliphatic carbocycles. The van der Waals surface area contributed by atoms with Gasteiger partial charge in [-0.2, -0.15) is 5.26 Å². The van der Waals surface area contributed by atoms with Crippen molar-refractivity contribution in [2.45, 2.75) is 13.8 Å². The topological polar surface area (TPSA) is 23.8 Å². The van der Waals surface area contributed by atoms with E-state index in [4.69, 9.17) is 5.26 Å². The average Bonchev–Trinajstić information content (AvgIpc) is 2.49. The molecule has 2 aromatic rings. The zero-order valence-corrected chi connectivity index (χ0v) is 15.7. The molecule has 0 bridgehead atoms. The molecule has 1 nitrogen and oxygen atoms in total. The third kappa shape index (κ3) is 7.97. The molecule has 3 heteroatoms. The number of rotatable bonds is 2. The molecule has 0 aromatic heterocycles. The number of allylic oxidation sites excluding steroid dienone is 1. The minimum Gasteiger partial charge on any atom is -0.193 e. The molecule has 0 aliphatic rings. The summed E-state index contributed by atoms with van der Waals surface area (Å²) in [6.07, 6.45) is 5.28. The summed E-state index contributed by atoms with van der Waals surface area (Å²) in [6.45, 7) is 4.12. The first-order valence-corrected chi connectivity index (χ1v) is 8.32. The fourth-order valence-electron chi connectivity index (χ4n) is 1.60. The van der Waals surface area contributed by atoms with Crippen molar-refractivity contribution in [2.24, 2.45) is 0 Å². The van der Waals surface area contributed by atoms with Gasteiger partial charge in [0.25, 0.3) is 0 Å². The summed E-state index contributed by atoms with van der Waals surface area (Å²) in [6, 6.07) is 18.3. The molecule has 0 heterocycles. The highest BCUT2D eigenvalue weighted by Gasteiger charge is 1.88. The van der Waals surface area contributed by atoms with E-state index in [2.05, 4.69) is 63.0 Å². The minimum absolute atomic E-state index is 0.967. The largest absolute Gasteiger partial charge is 0.193 e. The summed E-state index contributed by atoms with van der Waals surface area (Å²) in [5.41, 5.74) is 4.78. The van der Waals surface area contributed by atoms with Gasteiger partial charge in [0, 0.05) is 6.08 Å². The quantitative estimate of drug-likeness (QED) is 0.503. The Kier molecular flexibility index (Phi) is 8.50. The number of aryl methyl sites for hydroxylation is 2. The van der Waals surface area contributed by atoms with E-state index in [-0.39, 0.29) is 0 Å². The smallest absolute Gasteiger partial charge is 0.0912 e. The maximum absolute atomic E-state index is 8.25. The first kappa shape index (κ1) is 18.4. The van der Waals surface area contributed by atoms with Crippen molar-refractivity contribution >= 4 is 44.0 Å². The van der Waals surface area contributed by atoms with Crippen molar-refractivity contribution in [3.05, 3.63) is 80.3 Å². The Morgan fingerprint density at radius 2 is 1.32 bits per heavy atom. The molecule has 112 valence electrons. The number of halogens is 2. The van der Waals surface area contributed by atoms with Gasteiger partial charge in [0.15, 0.2) is 0 Å². The fraction of sp³-hybridized carbons (Fsp3) is 0.105. The minimum atomic E-state index is 0.967. The third-order valence-electron chi connectivity index (χ3n) is 2.78. The lowest BCUT2D eigenvalue weighted by atomic mass is 10.1. The second-order valence-electron chi connectivity index (χ2n) is 4.72. The highest BCUT2D eigenvalue weighted by molar-refractivity contribution is 9.28. The number of benzene rings is 2. The van der Waals surface area contributed by atoms with Gasteiger partial charge in [-0.15, -0.1) is 0 Å². The summed E-state index contributed by atoms with van der Waals surface area (Å²) in [7, 11) is 0. The van der Waals surface area contributed by atoms with Crippen LogP contribution in [-0.4, -0.2) is 0 Å². The normalized spacial score (nSPS) is 9.59. The van der Waals surface area contributed by atoms with E-state index in [1.165, 1.54) is 22.8 Å². The Morgan fingerprint density at radius 1 is 0.864 bits per heavy atom. The fourth-order valence-corrected chi connectivity index (χ4v) is 2.13. The maximum atomic E-state index is 8.25. The summed E-state index contributed by atoms with van der Waals surface area (Å²) >= 11 is 6.61. The molecular weight excluding hydrogens is 402 g/mol. The molecule has 0 saturated heterocycles.